The standard InChI is InChI=1S/C14H17N3/c15-9-14-6-7-16-17(14)10-11-4-5-12-2-1-3-13(12)8-11/h4-8H,1-3,9-10,15H2. The molecule has 3 heteroatoms. The Morgan fingerprint density at radius 1 is 1.18 bits per heavy atom. The van der Waals surface area contributed by atoms with Crippen molar-refractivity contribution in [1.29, 1.82) is 0 Å². The Morgan fingerprint density at radius 2 is 2.06 bits per heavy atom. The maximum Gasteiger partial charge on any atom is 0.0663 e. The molecular formula is C14H17N3. The van der Waals surface area contributed by atoms with E-state index < -0.39 is 0 Å². The predicted molar refractivity (Wildman–Crippen MR) is 67.7 cm³/mol. The highest BCUT2D eigenvalue weighted by Crippen LogP contribution is 2.23. The Bertz CT molecular complexity index is 528. The quantitative estimate of drug-likeness (QED) is 0.870. The summed E-state index contributed by atoms with van der Waals surface area (Å²) in [5, 5.41) is 4.31. The summed E-state index contributed by atoms with van der Waals surface area (Å²) in [5.41, 5.74) is 11.1. The van der Waals surface area contributed by atoms with Crippen molar-refractivity contribution in [3.05, 3.63) is 52.8 Å². The first-order chi connectivity index (χ1) is 8.36. The third kappa shape index (κ3) is 1.98. The summed E-state index contributed by atoms with van der Waals surface area (Å²) in [4.78, 5) is 0. The van der Waals surface area contributed by atoms with Crippen LogP contribution < -0.4 is 5.73 Å². The van der Waals surface area contributed by atoms with Crippen LogP contribution in [-0.4, -0.2) is 9.78 Å². The average Bonchev–Trinajstić information content (AvgIpc) is 2.96. The van der Waals surface area contributed by atoms with E-state index in [1.807, 2.05) is 16.9 Å². The first-order valence-corrected chi connectivity index (χ1v) is 6.18. The number of aromatic nitrogens is 2. The zero-order chi connectivity index (χ0) is 11.7. The van der Waals surface area contributed by atoms with Gasteiger partial charge in [-0.2, -0.15) is 5.10 Å². The highest BCUT2D eigenvalue weighted by molar-refractivity contribution is 5.35. The smallest absolute Gasteiger partial charge is 0.0663 e. The summed E-state index contributed by atoms with van der Waals surface area (Å²) in [5.74, 6) is 0. The third-order valence-corrected chi connectivity index (χ3v) is 3.51. The second-order valence-electron chi connectivity index (χ2n) is 4.64. The van der Waals surface area contributed by atoms with E-state index in [0.717, 1.165) is 12.2 Å². The lowest BCUT2D eigenvalue weighted by atomic mass is 10.1. The molecular weight excluding hydrogens is 210 g/mol. The molecule has 0 aliphatic heterocycles. The molecule has 1 heterocycles. The molecule has 0 radical (unpaired) electrons. The number of hydrogen-bond donors (Lipinski definition) is 1. The lowest BCUT2D eigenvalue weighted by molar-refractivity contribution is 0.645. The normalized spacial score (nSPS) is 13.9. The van der Waals surface area contributed by atoms with E-state index in [0.29, 0.717) is 6.54 Å². The molecule has 3 nitrogen and oxygen atoms in total. The summed E-state index contributed by atoms with van der Waals surface area (Å²) < 4.78 is 1.98. The van der Waals surface area contributed by atoms with E-state index in [2.05, 4.69) is 23.3 Å². The van der Waals surface area contributed by atoms with Crippen LogP contribution in [-0.2, 0) is 25.9 Å². The molecule has 2 aromatic rings. The van der Waals surface area contributed by atoms with Gasteiger partial charge in [-0.05, 0) is 42.0 Å². The molecule has 2 N–H and O–H groups in total. The van der Waals surface area contributed by atoms with Crippen molar-refractivity contribution in [3.8, 4) is 0 Å². The fraction of sp³-hybridized carbons (Fsp3) is 0.357. The fourth-order valence-corrected chi connectivity index (χ4v) is 2.57. The molecule has 0 atom stereocenters. The predicted octanol–water partition coefficient (Wildman–Crippen LogP) is 1.88. The Balaban J connectivity index is 1.86. The van der Waals surface area contributed by atoms with E-state index >= 15 is 0 Å². The van der Waals surface area contributed by atoms with Crippen LogP contribution in [0.25, 0.3) is 0 Å². The van der Waals surface area contributed by atoms with Gasteiger partial charge in [-0.25, -0.2) is 0 Å². The minimum atomic E-state index is 0.547. The van der Waals surface area contributed by atoms with E-state index in [1.165, 1.54) is 36.0 Å². The van der Waals surface area contributed by atoms with Gasteiger partial charge in [-0.1, -0.05) is 18.2 Å². The highest BCUT2D eigenvalue weighted by Gasteiger charge is 2.11. The average molecular weight is 227 g/mol. The minimum Gasteiger partial charge on any atom is -0.325 e. The van der Waals surface area contributed by atoms with Gasteiger partial charge < -0.3 is 5.73 Å². The Morgan fingerprint density at radius 3 is 2.94 bits per heavy atom. The molecule has 0 amide bonds. The zero-order valence-electron chi connectivity index (χ0n) is 9.89. The summed E-state index contributed by atoms with van der Waals surface area (Å²) in [6, 6.07) is 8.78. The molecule has 0 spiro atoms. The molecule has 0 unspecified atom stereocenters. The Labute approximate surface area is 101 Å². The van der Waals surface area contributed by atoms with E-state index in [1.54, 1.807) is 0 Å². The Kier molecular flexibility index (Phi) is 2.69. The number of benzene rings is 1. The second-order valence-corrected chi connectivity index (χ2v) is 4.64. The first kappa shape index (κ1) is 10.5. The molecule has 17 heavy (non-hydrogen) atoms. The van der Waals surface area contributed by atoms with Crippen molar-refractivity contribution in [2.24, 2.45) is 5.73 Å². The zero-order valence-corrected chi connectivity index (χ0v) is 9.89. The van der Waals surface area contributed by atoms with E-state index in [4.69, 9.17) is 5.73 Å². The fourth-order valence-electron chi connectivity index (χ4n) is 2.57. The largest absolute Gasteiger partial charge is 0.325 e. The van der Waals surface area contributed by atoms with E-state index in [-0.39, 0.29) is 0 Å². The van der Waals surface area contributed by atoms with Crippen LogP contribution >= 0.6 is 0 Å². The van der Waals surface area contributed by atoms with Crippen LogP contribution in [0.5, 0.6) is 0 Å². The monoisotopic (exact) mass is 227 g/mol. The van der Waals surface area contributed by atoms with Crippen molar-refractivity contribution in [2.45, 2.75) is 32.4 Å². The van der Waals surface area contributed by atoms with Gasteiger partial charge in [0.1, 0.15) is 0 Å². The molecule has 0 fully saturated rings. The molecule has 3 rings (SSSR count). The molecule has 1 aliphatic carbocycles. The number of nitrogens with zero attached hydrogens (tertiary/aromatic N) is 2. The van der Waals surface area contributed by atoms with Crippen LogP contribution in [0.1, 0.15) is 28.8 Å². The van der Waals surface area contributed by atoms with Crippen molar-refractivity contribution in [2.75, 3.05) is 0 Å². The molecule has 88 valence electrons. The Hall–Kier alpha value is -1.61. The summed E-state index contributed by atoms with van der Waals surface area (Å²) in [7, 11) is 0. The number of aryl methyl sites for hydroxylation is 2. The van der Waals surface area contributed by atoms with Crippen LogP contribution in [0.2, 0.25) is 0 Å². The van der Waals surface area contributed by atoms with Crippen LogP contribution in [0.3, 0.4) is 0 Å². The van der Waals surface area contributed by atoms with Gasteiger partial charge in [-0.15, -0.1) is 0 Å². The maximum absolute atomic E-state index is 5.68. The number of hydrogen-bond acceptors (Lipinski definition) is 2. The molecule has 1 aliphatic rings. The summed E-state index contributed by atoms with van der Waals surface area (Å²) >= 11 is 0. The lowest BCUT2D eigenvalue weighted by Crippen LogP contribution is -2.09. The van der Waals surface area contributed by atoms with Crippen molar-refractivity contribution >= 4 is 0 Å². The number of nitrogens with two attached hydrogens (primary N) is 1. The van der Waals surface area contributed by atoms with Gasteiger partial charge in [-0.3, -0.25) is 4.68 Å². The number of fused-ring (bicyclic) bond motifs is 1. The first-order valence-electron chi connectivity index (χ1n) is 6.18. The molecule has 0 saturated carbocycles. The van der Waals surface area contributed by atoms with Crippen molar-refractivity contribution in [1.82, 2.24) is 9.78 Å². The minimum absolute atomic E-state index is 0.547. The highest BCUT2D eigenvalue weighted by atomic mass is 15.3. The molecule has 0 saturated heterocycles. The van der Waals surface area contributed by atoms with Gasteiger partial charge in [0.05, 0.1) is 12.2 Å². The van der Waals surface area contributed by atoms with Crippen molar-refractivity contribution < 1.29 is 0 Å². The second kappa shape index (κ2) is 4.34. The lowest BCUT2D eigenvalue weighted by Gasteiger charge is -2.08. The maximum atomic E-state index is 5.68. The van der Waals surface area contributed by atoms with Crippen LogP contribution in [0.15, 0.2) is 30.5 Å². The van der Waals surface area contributed by atoms with Gasteiger partial charge in [0.15, 0.2) is 0 Å². The topological polar surface area (TPSA) is 43.8 Å². The van der Waals surface area contributed by atoms with Crippen LogP contribution in [0.4, 0.5) is 0 Å². The van der Waals surface area contributed by atoms with Crippen LogP contribution in [0, 0.1) is 0 Å². The third-order valence-electron chi connectivity index (χ3n) is 3.51. The molecule has 1 aromatic heterocycles. The van der Waals surface area contributed by atoms with Crippen molar-refractivity contribution in [3.63, 3.8) is 0 Å². The van der Waals surface area contributed by atoms with E-state index in [9.17, 15) is 0 Å². The summed E-state index contributed by atoms with van der Waals surface area (Å²) in [6.07, 6.45) is 5.58. The number of rotatable bonds is 3. The van der Waals surface area contributed by atoms with Gasteiger partial charge in [0.2, 0.25) is 0 Å². The van der Waals surface area contributed by atoms with Gasteiger partial charge in [0, 0.05) is 12.7 Å². The SMILES string of the molecule is NCc1ccnn1Cc1ccc2c(c1)CCC2. The molecule has 1 aromatic carbocycles. The summed E-state index contributed by atoms with van der Waals surface area (Å²) in [6.45, 7) is 1.37. The van der Waals surface area contributed by atoms with Gasteiger partial charge >= 0.3 is 0 Å². The van der Waals surface area contributed by atoms with Gasteiger partial charge in [0.25, 0.3) is 0 Å². The molecule has 0 bridgehead atoms.